The van der Waals surface area contributed by atoms with Crippen LogP contribution < -0.4 is 10.2 Å². The van der Waals surface area contributed by atoms with Crippen molar-refractivity contribution in [3.63, 3.8) is 0 Å². The molecule has 1 aromatic heterocycles. The van der Waals surface area contributed by atoms with Gasteiger partial charge in [0.2, 0.25) is 5.91 Å². The Morgan fingerprint density at radius 3 is 3.12 bits per heavy atom. The van der Waals surface area contributed by atoms with Crippen LogP contribution in [0.3, 0.4) is 0 Å². The highest BCUT2D eigenvalue weighted by Gasteiger charge is 2.28. The molecule has 1 aromatic rings. The predicted molar refractivity (Wildman–Crippen MR) is 66.4 cm³/mol. The summed E-state index contributed by atoms with van der Waals surface area (Å²) in [6.07, 6.45) is 4.35. The van der Waals surface area contributed by atoms with Crippen LogP contribution in [0.4, 0.5) is 5.69 Å². The van der Waals surface area contributed by atoms with E-state index in [-0.39, 0.29) is 11.9 Å². The Kier molecular flexibility index (Phi) is 3.43. The molecule has 1 aliphatic rings. The van der Waals surface area contributed by atoms with Crippen LogP contribution in [-0.2, 0) is 4.79 Å². The fraction of sp³-hybridized carbons (Fsp3) is 0.455. The second kappa shape index (κ2) is 4.82. The highest BCUT2D eigenvalue weighted by molar-refractivity contribution is 9.10. The van der Waals surface area contributed by atoms with Crippen LogP contribution in [0.5, 0.6) is 0 Å². The first-order chi connectivity index (χ1) is 7.72. The van der Waals surface area contributed by atoms with Gasteiger partial charge >= 0.3 is 0 Å². The van der Waals surface area contributed by atoms with E-state index in [4.69, 9.17) is 0 Å². The van der Waals surface area contributed by atoms with Crippen LogP contribution in [0.25, 0.3) is 0 Å². The molecule has 1 unspecified atom stereocenters. The Hall–Kier alpha value is -1.10. The van der Waals surface area contributed by atoms with Crippen LogP contribution in [0.2, 0.25) is 0 Å². The average Bonchev–Trinajstić information content (AvgIpc) is 2.28. The summed E-state index contributed by atoms with van der Waals surface area (Å²) < 4.78 is 0.936. The van der Waals surface area contributed by atoms with Gasteiger partial charge < -0.3 is 10.2 Å². The first-order valence-electron chi connectivity index (χ1n) is 5.37. The van der Waals surface area contributed by atoms with Crippen molar-refractivity contribution in [3.8, 4) is 0 Å². The lowest BCUT2D eigenvalue weighted by molar-refractivity contribution is -0.123. The average molecular weight is 284 g/mol. The second-order valence-corrected chi connectivity index (χ2v) is 4.69. The molecule has 0 radical (unpaired) electrons. The van der Waals surface area contributed by atoms with Gasteiger partial charge in [-0.15, -0.1) is 0 Å². The van der Waals surface area contributed by atoms with Crippen molar-refractivity contribution in [2.24, 2.45) is 0 Å². The fourth-order valence-corrected chi connectivity index (χ4v) is 2.34. The molecule has 2 rings (SSSR count). The van der Waals surface area contributed by atoms with E-state index in [0.717, 1.165) is 23.1 Å². The zero-order valence-corrected chi connectivity index (χ0v) is 10.7. The number of rotatable bonds is 2. The zero-order chi connectivity index (χ0) is 11.5. The lowest BCUT2D eigenvalue weighted by Crippen LogP contribution is -2.55. The molecule has 0 aliphatic carbocycles. The van der Waals surface area contributed by atoms with Crippen LogP contribution in [0, 0.1) is 0 Å². The number of carbonyl (C=O) groups excluding carboxylic acids is 1. The SMILES string of the molecule is CCC1C(=O)NCCN1c1cncc(Br)c1. The van der Waals surface area contributed by atoms with Crippen molar-refractivity contribution in [1.29, 1.82) is 0 Å². The minimum Gasteiger partial charge on any atom is -0.356 e. The Morgan fingerprint density at radius 2 is 2.44 bits per heavy atom. The van der Waals surface area contributed by atoms with E-state index in [1.165, 1.54) is 0 Å². The third-order valence-corrected chi connectivity index (χ3v) is 3.17. The van der Waals surface area contributed by atoms with Gasteiger partial charge in [0, 0.05) is 23.8 Å². The number of carbonyl (C=O) groups is 1. The molecule has 2 heterocycles. The molecule has 1 atom stereocenters. The summed E-state index contributed by atoms with van der Waals surface area (Å²) in [5, 5.41) is 2.88. The number of halogens is 1. The van der Waals surface area contributed by atoms with Crippen LogP contribution >= 0.6 is 15.9 Å². The Bertz CT molecular complexity index is 397. The topological polar surface area (TPSA) is 45.2 Å². The Morgan fingerprint density at radius 1 is 1.62 bits per heavy atom. The number of amides is 1. The molecule has 1 saturated heterocycles. The largest absolute Gasteiger partial charge is 0.356 e. The summed E-state index contributed by atoms with van der Waals surface area (Å²) in [5.41, 5.74) is 0.996. The third-order valence-electron chi connectivity index (χ3n) is 2.74. The van der Waals surface area contributed by atoms with E-state index in [9.17, 15) is 4.79 Å². The molecule has 16 heavy (non-hydrogen) atoms. The van der Waals surface area contributed by atoms with Crippen molar-refractivity contribution >= 4 is 27.5 Å². The molecule has 1 aliphatic heterocycles. The monoisotopic (exact) mass is 283 g/mol. The number of nitrogens with one attached hydrogen (secondary N) is 1. The highest BCUT2D eigenvalue weighted by atomic mass is 79.9. The number of pyridine rings is 1. The van der Waals surface area contributed by atoms with Crippen molar-refractivity contribution in [2.45, 2.75) is 19.4 Å². The molecular formula is C11H14BrN3O. The summed E-state index contributed by atoms with van der Waals surface area (Å²) in [6, 6.07) is 1.92. The summed E-state index contributed by atoms with van der Waals surface area (Å²) in [7, 11) is 0. The number of hydrogen-bond donors (Lipinski definition) is 1. The number of piperazine rings is 1. The van der Waals surface area contributed by atoms with Gasteiger partial charge in [-0.1, -0.05) is 6.92 Å². The third kappa shape index (κ3) is 2.19. The van der Waals surface area contributed by atoms with Gasteiger partial charge in [0.05, 0.1) is 11.9 Å². The summed E-state index contributed by atoms with van der Waals surface area (Å²) in [4.78, 5) is 17.9. The van der Waals surface area contributed by atoms with E-state index in [0.29, 0.717) is 6.54 Å². The normalized spacial score (nSPS) is 20.8. The first-order valence-corrected chi connectivity index (χ1v) is 6.16. The fourth-order valence-electron chi connectivity index (χ4n) is 1.99. The minimum atomic E-state index is -0.0788. The van der Waals surface area contributed by atoms with Crippen molar-refractivity contribution < 1.29 is 4.79 Å². The van der Waals surface area contributed by atoms with E-state index in [1.807, 2.05) is 13.0 Å². The zero-order valence-electron chi connectivity index (χ0n) is 9.11. The molecule has 1 N–H and O–H groups in total. The van der Waals surface area contributed by atoms with Crippen molar-refractivity contribution in [1.82, 2.24) is 10.3 Å². The van der Waals surface area contributed by atoms with Crippen molar-refractivity contribution in [3.05, 3.63) is 22.9 Å². The summed E-state index contributed by atoms with van der Waals surface area (Å²) >= 11 is 3.40. The highest BCUT2D eigenvalue weighted by Crippen LogP contribution is 2.22. The van der Waals surface area contributed by atoms with Gasteiger partial charge in [-0.05, 0) is 28.4 Å². The number of nitrogens with zero attached hydrogens (tertiary/aromatic N) is 2. The van der Waals surface area contributed by atoms with Crippen molar-refractivity contribution in [2.75, 3.05) is 18.0 Å². The van der Waals surface area contributed by atoms with Gasteiger partial charge in [0.25, 0.3) is 0 Å². The number of hydrogen-bond acceptors (Lipinski definition) is 3. The maximum atomic E-state index is 11.7. The smallest absolute Gasteiger partial charge is 0.242 e. The second-order valence-electron chi connectivity index (χ2n) is 3.77. The maximum Gasteiger partial charge on any atom is 0.242 e. The van der Waals surface area contributed by atoms with E-state index in [1.54, 1.807) is 12.4 Å². The Labute approximate surface area is 103 Å². The van der Waals surface area contributed by atoms with Crippen LogP contribution in [0.1, 0.15) is 13.3 Å². The maximum absolute atomic E-state index is 11.7. The first kappa shape index (κ1) is 11.4. The predicted octanol–water partition coefficient (Wildman–Crippen LogP) is 1.56. The molecule has 1 amide bonds. The Balaban J connectivity index is 2.27. The minimum absolute atomic E-state index is 0.0788. The number of aromatic nitrogens is 1. The van der Waals surface area contributed by atoms with Gasteiger partial charge in [-0.3, -0.25) is 9.78 Å². The molecule has 0 saturated carbocycles. The van der Waals surface area contributed by atoms with E-state index in [2.05, 4.69) is 31.1 Å². The molecule has 1 fully saturated rings. The van der Waals surface area contributed by atoms with Crippen LogP contribution in [-0.4, -0.2) is 30.0 Å². The van der Waals surface area contributed by atoms with Gasteiger partial charge in [-0.2, -0.15) is 0 Å². The van der Waals surface area contributed by atoms with Gasteiger partial charge in [0.15, 0.2) is 0 Å². The molecule has 0 bridgehead atoms. The van der Waals surface area contributed by atoms with Gasteiger partial charge in [0.1, 0.15) is 6.04 Å². The van der Waals surface area contributed by atoms with Gasteiger partial charge in [-0.25, -0.2) is 0 Å². The standard InChI is InChI=1S/C11H14BrN3O/c1-2-10-11(16)14-3-4-15(10)9-5-8(12)6-13-7-9/h5-7,10H,2-4H2,1H3,(H,14,16). The molecular weight excluding hydrogens is 270 g/mol. The summed E-state index contributed by atoms with van der Waals surface area (Å²) in [5.74, 6) is 0.105. The number of anilines is 1. The lowest BCUT2D eigenvalue weighted by atomic mass is 10.1. The molecule has 0 spiro atoms. The molecule has 86 valence electrons. The van der Waals surface area contributed by atoms with E-state index >= 15 is 0 Å². The molecule has 0 aromatic carbocycles. The lowest BCUT2D eigenvalue weighted by Gasteiger charge is -2.36. The quantitative estimate of drug-likeness (QED) is 0.896. The van der Waals surface area contributed by atoms with E-state index < -0.39 is 0 Å². The summed E-state index contributed by atoms with van der Waals surface area (Å²) in [6.45, 7) is 3.55. The molecule has 4 nitrogen and oxygen atoms in total. The van der Waals surface area contributed by atoms with Crippen LogP contribution in [0.15, 0.2) is 22.9 Å². The molecule has 5 heteroatoms.